The zero-order valence-corrected chi connectivity index (χ0v) is 12.6. The van der Waals surface area contributed by atoms with Gasteiger partial charge < -0.3 is 5.32 Å². The quantitative estimate of drug-likeness (QED) is 0.920. The number of likely N-dealkylation sites (tertiary alicyclic amines) is 1. The lowest BCUT2D eigenvalue weighted by molar-refractivity contribution is -0.120. The second-order valence-corrected chi connectivity index (χ2v) is 5.99. The average molecular weight is 302 g/mol. The molecule has 0 unspecified atom stereocenters. The average Bonchev–Trinajstić information content (AvgIpc) is 3.17. The minimum Gasteiger partial charge on any atom is -0.301 e. The maximum Gasteiger partial charge on any atom is 0.243 e. The van der Waals surface area contributed by atoms with Crippen LogP contribution in [0, 0.1) is 0 Å². The van der Waals surface area contributed by atoms with Crippen molar-refractivity contribution >= 4 is 22.4 Å². The van der Waals surface area contributed by atoms with Gasteiger partial charge in [-0.25, -0.2) is 4.98 Å². The van der Waals surface area contributed by atoms with Gasteiger partial charge in [-0.3, -0.25) is 14.7 Å². The molecule has 21 heavy (non-hydrogen) atoms. The van der Waals surface area contributed by atoms with Gasteiger partial charge in [0.1, 0.15) is 0 Å². The molecule has 1 fully saturated rings. The number of hydrogen-bond donors (Lipinski definition) is 1. The third-order valence-electron chi connectivity index (χ3n) is 3.71. The van der Waals surface area contributed by atoms with E-state index >= 15 is 0 Å². The molecular formula is C15H18N4OS. The Morgan fingerprint density at radius 3 is 3.10 bits per heavy atom. The smallest absolute Gasteiger partial charge is 0.243 e. The molecule has 0 bridgehead atoms. The fourth-order valence-corrected chi connectivity index (χ4v) is 3.20. The Kier molecular flexibility index (Phi) is 4.57. The lowest BCUT2D eigenvalue weighted by Gasteiger charge is -2.22. The van der Waals surface area contributed by atoms with E-state index in [1.165, 1.54) is 11.3 Å². The second-order valence-electron chi connectivity index (χ2n) is 5.09. The standard InChI is InChI=1S/C15H18N4OS/c20-14(18-15-17-8-11-21-15)13-5-3-9-19(13)10-6-12-4-1-2-7-16-12/h1-2,4,7-8,11,13H,3,5-6,9-10H2,(H,17,18,20)/t13-/m0/s1. The highest BCUT2D eigenvalue weighted by Gasteiger charge is 2.30. The maximum absolute atomic E-state index is 12.3. The fraction of sp³-hybridized carbons (Fsp3) is 0.400. The van der Waals surface area contributed by atoms with Crippen LogP contribution in [0.15, 0.2) is 36.0 Å². The molecule has 1 saturated heterocycles. The molecule has 110 valence electrons. The zero-order valence-electron chi connectivity index (χ0n) is 11.7. The van der Waals surface area contributed by atoms with Crippen LogP contribution in [-0.4, -0.2) is 39.9 Å². The predicted molar refractivity (Wildman–Crippen MR) is 83.3 cm³/mol. The van der Waals surface area contributed by atoms with Gasteiger partial charge in [-0.15, -0.1) is 11.3 Å². The Bertz CT molecular complexity index is 573. The molecule has 6 heteroatoms. The monoisotopic (exact) mass is 302 g/mol. The van der Waals surface area contributed by atoms with Gasteiger partial charge >= 0.3 is 0 Å². The van der Waals surface area contributed by atoms with Gasteiger partial charge in [-0.05, 0) is 31.5 Å². The van der Waals surface area contributed by atoms with Crippen molar-refractivity contribution in [1.29, 1.82) is 0 Å². The SMILES string of the molecule is O=C(Nc1nccs1)[C@@H]1CCCN1CCc1ccccn1. The van der Waals surface area contributed by atoms with E-state index < -0.39 is 0 Å². The summed E-state index contributed by atoms with van der Waals surface area (Å²) in [5.41, 5.74) is 1.07. The number of carbonyl (C=O) groups is 1. The first-order chi connectivity index (χ1) is 10.3. The van der Waals surface area contributed by atoms with Crippen LogP contribution in [0.1, 0.15) is 18.5 Å². The predicted octanol–water partition coefficient (Wildman–Crippen LogP) is 2.18. The van der Waals surface area contributed by atoms with Crippen molar-refractivity contribution in [2.75, 3.05) is 18.4 Å². The molecule has 3 rings (SSSR count). The third kappa shape index (κ3) is 3.65. The molecule has 1 N–H and O–H groups in total. The molecule has 1 aliphatic heterocycles. The number of hydrogen-bond acceptors (Lipinski definition) is 5. The van der Waals surface area contributed by atoms with Gasteiger partial charge in [0.2, 0.25) is 5.91 Å². The molecule has 0 saturated carbocycles. The molecule has 0 aliphatic carbocycles. The summed E-state index contributed by atoms with van der Waals surface area (Å²) in [6.07, 6.45) is 6.37. The summed E-state index contributed by atoms with van der Waals surface area (Å²) in [6.45, 7) is 1.84. The van der Waals surface area contributed by atoms with Crippen molar-refractivity contribution in [2.24, 2.45) is 0 Å². The Labute approximate surface area is 128 Å². The summed E-state index contributed by atoms with van der Waals surface area (Å²) in [5, 5.41) is 5.44. The molecule has 5 nitrogen and oxygen atoms in total. The van der Waals surface area contributed by atoms with Gasteiger partial charge in [0.05, 0.1) is 6.04 Å². The summed E-state index contributed by atoms with van der Waals surface area (Å²) in [7, 11) is 0. The van der Waals surface area contributed by atoms with Crippen LogP contribution >= 0.6 is 11.3 Å². The van der Waals surface area contributed by atoms with Gasteiger partial charge in [-0.1, -0.05) is 6.07 Å². The first-order valence-electron chi connectivity index (χ1n) is 7.17. The highest BCUT2D eigenvalue weighted by molar-refractivity contribution is 7.13. The van der Waals surface area contributed by atoms with E-state index in [-0.39, 0.29) is 11.9 Å². The van der Waals surface area contributed by atoms with Crippen molar-refractivity contribution in [3.05, 3.63) is 41.7 Å². The Balaban J connectivity index is 1.56. The normalized spacial score (nSPS) is 18.8. The lowest BCUT2D eigenvalue weighted by Crippen LogP contribution is -2.40. The zero-order chi connectivity index (χ0) is 14.5. The van der Waals surface area contributed by atoms with Crippen molar-refractivity contribution < 1.29 is 4.79 Å². The summed E-state index contributed by atoms with van der Waals surface area (Å²) in [6, 6.07) is 5.90. The second kappa shape index (κ2) is 6.78. The van der Waals surface area contributed by atoms with E-state index in [4.69, 9.17) is 0 Å². The molecule has 0 aromatic carbocycles. The van der Waals surface area contributed by atoms with Gasteiger partial charge in [0.15, 0.2) is 5.13 Å². The maximum atomic E-state index is 12.3. The third-order valence-corrected chi connectivity index (χ3v) is 4.40. The number of thiazole rings is 1. The number of nitrogens with zero attached hydrogens (tertiary/aromatic N) is 3. The highest BCUT2D eigenvalue weighted by Crippen LogP contribution is 2.20. The van der Waals surface area contributed by atoms with E-state index in [2.05, 4.69) is 20.2 Å². The van der Waals surface area contributed by atoms with Crippen LogP contribution in [0.2, 0.25) is 0 Å². The first-order valence-corrected chi connectivity index (χ1v) is 8.05. The molecular weight excluding hydrogens is 284 g/mol. The van der Waals surface area contributed by atoms with E-state index in [1.807, 2.05) is 29.8 Å². The van der Waals surface area contributed by atoms with Crippen LogP contribution < -0.4 is 5.32 Å². The van der Waals surface area contributed by atoms with Crippen LogP contribution in [0.5, 0.6) is 0 Å². The van der Waals surface area contributed by atoms with Crippen molar-refractivity contribution in [2.45, 2.75) is 25.3 Å². The minimum absolute atomic E-state index is 0.0439. The molecule has 1 aliphatic rings. The van der Waals surface area contributed by atoms with Crippen LogP contribution in [0.3, 0.4) is 0 Å². The minimum atomic E-state index is -0.0439. The van der Waals surface area contributed by atoms with Crippen molar-refractivity contribution in [3.8, 4) is 0 Å². The van der Waals surface area contributed by atoms with E-state index in [9.17, 15) is 4.79 Å². The van der Waals surface area contributed by atoms with Gasteiger partial charge in [0, 0.05) is 36.4 Å². The largest absolute Gasteiger partial charge is 0.301 e. The number of pyridine rings is 1. The van der Waals surface area contributed by atoms with E-state index in [1.54, 1.807) is 6.20 Å². The summed E-state index contributed by atoms with van der Waals surface area (Å²) in [5.74, 6) is 0.0588. The van der Waals surface area contributed by atoms with Crippen LogP contribution in [-0.2, 0) is 11.2 Å². The number of amides is 1. The number of anilines is 1. The lowest BCUT2D eigenvalue weighted by atomic mass is 10.2. The molecule has 0 radical (unpaired) electrons. The van der Waals surface area contributed by atoms with Crippen molar-refractivity contribution in [3.63, 3.8) is 0 Å². The van der Waals surface area contributed by atoms with Gasteiger partial charge in [-0.2, -0.15) is 0 Å². The molecule has 0 spiro atoms. The number of carbonyl (C=O) groups excluding carboxylic acids is 1. The van der Waals surface area contributed by atoms with Crippen LogP contribution in [0.4, 0.5) is 5.13 Å². The summed E-state index contributed by atoms with van der Waals surface area (Å²) < 4.78 is 0. The Hall–Kier alpha value is -1.79. The fourth-order valence-electron chi connectivity index (χ4n) is 2.67. The van der Waals surface area contributed by atoms with Gasteiger partial charge in [0.25, 0.3) is 0 Å². The van der Waals surface area contributed by atoms with E-state index in [0.717, 1.165) is 38.0 Å². The molecule has 2 aromatic heterocycles. The molecule has 1 amide bonds. The number of rotatable bonds is 5. The number of nitrogens with one attached hydrogen (secondary N) is 1. The van der Waals surface area contributed by atoms with Crippen LogP contribution in [0.25, 0.3) is 0 Å². The highest BCUT2D eigenvalue weighted by atomic mass is 32.1. The Morgan fingerprint density at radius 1 is 1.38 bits per heavy atom. The number of aromatic nitrogens is 2. The first kappa shape index (κ1) is 14.2. The summed E-state index contributed by atoms with van der Waals surface area (Å²) in [4.78, 5) is 23.0. The van der Waals surface area contributed by atoms with E-state index in [0.29, 0.717) is 5.13 Å². The molecule has 3 heterocycles. The topological polar surface area (TPSA) is 58.1 Å². The molecule has 2 aromatic rings. The Morgan fingerprint density at radius 2 is 2.33 bits per heavy atom. The summed E-state index contributed by atoms with van der Waals surface area (Å²) >= 11 is 1.45. The molecule has 1 atom stereocenters. The van der Waals surface area contributed by atoms with Crippen molar-refractivity contribution in [1.82, 2.24) is 14.9 Å².